The van der Waals surface area contributed by atoms with Gasteiger partial charge in [0.05, 0.1) is 12.4 Å². The van der Waals surface area contributed by atoms with Crippen molar-refractivity contribution in [3.05, 3.63) is 42.5 Å². The standard InChI is InChI=1S/C15H19FN4O2S.ClH/c1-11-12(2)20(8-7-17-11)23(21,22)13-9-18-19(10-13)15-6-4-3-5-14(15)16;/h3-6,9-12,17H,7-8H2,1-2H3;1H. The van der Waals surface area contributed by atoms with Gasteiger partial charge in [0.1, 0.15) is 16.4 Å². The molecule has 1 aliphatic rings. The van der Waals surface area contributed by atoms with Crippen LogP contribution in [-0.4, -0.2) is 47.7 Å². The van der Waals surface area contributed by atoms with Crippen LogP contribution in [0, 0.1) is 5.82 Å². The number of halogens is 2. The van der Waals surface area contributed by atoms with Crippen LogP contribution in [0.4, 0.5) is 4.39 Å². The Hall–Kier alpha value is -1.48. The van der Waals surface area contributed by atoms with Gasteiger partial charge < -0.3 is 5.32 Å². The van der Waals surface area contributed by atoms with Crippen LogP contribution >= 0.6 is 12.4 Å². The molecule has 9 heteroatoms. The lowest BCUT2D eigenvalue weighted by Crippen LogP contribution is -2.56. The molecule has 1 aromatic carbocycles. The van der Waals surface area contributed by atoms with Crippen LogP contribution in [0.5, 0.6) is 0 Å². The molecule has 2 heterocycles. The molecule has 24 heavy (non-hydrogen) atoms. The van der Waals surface area contributed by atoms with Crippen molar-refractivity contribution in [2.24, 2.45) is 0 Å². The van der Waals surface area contributed by atoms with Crippen LogP contribution in [0.25, 0.3) is 5.69 Å². The Kier molecular flexibility index (Phi) is 5.64. The van der Waals surface area contributed by atoms with E-state index in [4.69, 9.17) is 0 Å². The molecule has 6 nitrogen and oxygen atoms in total. The third kappa shape index (κ3) is 3.32. The van der Waals surface area contributed by atoms with Gasteiger partial charge in [0.25, 0.3) is 0 Å². The van der Waals surface area contributed by atoms with Crippen molar-refractivity contribution in [1.82, 2.24) is 19.4 Å². The monoisotopic (exact) mass is 374 g/mol. The van der Waals surface area contributed by atoms with Crippen molar-refractivity contribution in [3.63, 3.8) is 0 Å². The molecule has 0 bridgehead atoms. The van der Waals surface area contributed by atoms with Crippen molar-refractivity contribution >= 4 is 22.4 Å². The fourth-order valence-corrected chi connectivity index (χ4v) is 4.35. The first-order valence-corrected chi connectivity index (χ1v) is 8.90. The van der Waals surface area contributed by atoms with E-state index >= 15 is 0 Å². The van der Waals surface area contributed by atoms with Gasteiger partial charge in [0, 0.05) is 25.2 Å². The number of aromatic nitrogens is 2. The van der Waals surface area contributed by atoms with Crippen LogP contribution in [0.3, 0.4) is 0 Å². The molecule has 0 radical (unpaired) electrons. The van der Waals surface area contributed by atoms with Crippen molar-refractivity contribution in [2.45, 2.75) is 30.8 Å². The quantitative estimate of drug-likeness (QED) is 0.889. The molecule has 1 saturated heterocycles. The molecule has 3 rings (SSSR count). The van der Waals surface area contributed by atoms with E-state index in [1.165, 1.54) is 27.4 Å². The second kappa shape index (κ2) is 7.18. The SMILES string of the molecule is CC1NCCN(S(=O)(=O)c2cnn(-c3ccccc3F)c2)C1C.Cl. The minimum atomic E-state index is -3.66. The number of nitrogens with one attached hydrogen (secondary N) is 1. The van der Waals surface area contributed by atoms with E-state index in [0.717, 1.165) is 0 Å². The van der Waals surface area contributed by atoms with Gasteiger partial charge in [0.15, 0.2) is 0 Å². The molecule has 1 fully saturated rings. The smallest absolute Gasteiger partial charge is 0.246 e. The zero-order chi connectivity index (χ0) is 16.6. The van der Waals surface area contributed by atoms with E-state index in [0.29, 0.717) is 13.1 Å². The first kappa shape index (κ1) is 18.9. The van der Waals surface area contributed by atoms with Crippen molar-refractivity contribution in [2.75, 3.05) is 13.1 Å². The lowest BCUT2D eigenvalue weighted by molar-refractivity contribution is 0.233. The summed E-state index contributed by atoms with van der Waals surface area (Å²) in [6, 6.07) is 6.02. The molecule has 2 unspecified atom stereocenters. The summed E-state index contributed by atoms with van der Waals surface area (Å²) in [4.78, 5) is 0.0710. The zero-order valence-electron chi connectivity index (χ0n) is 13.4. The van der Waals surface area contributed by atoms with Crippen LogP contribution in [0.15, 0.2) is 41.6 Å². The molecule has 1 aliphatic heterocycles. The van der Waals surface area contributed by atoms with Gasteiger partial charge >= 0.3 is 0 Å². The van der Waals surface area contributed by atoms with Crippen molar-refractivity contribution in [3.8, 4) is 5.69 Å². The van der Waals surface area contributed by atoms with E-state index in [2.05, 4.69) is 10.4 Å². The highest BCUT2D eigenvalue weighted by Gasteiger charge is 2.35. The summed E-state index contributed by atoms with van der Waals surface area (Å²) in [6.07, 6.45) is 2.62. The van der Waals surface area contributed by atoms with Gasteiger partial charge in [-0.1, -0.05) is 12.1 Å². The summed E-state index contributed by atoms with van der Waals surface area (Å²) >= 11 is 0. The molecule has 132 valence electrons. The predicted molar refractivity (Wildman–Crippen MR) is 91.6 cm³/mol. The second-order valence-corrected chi connectivity index (χ2v) is 7.56. The summed E-state index contributed by atoms with van der Waals surface area (Å²) in [6.45, 7) is 4.83. The number of hydrogen-bond donors (Lipinski definition) is 1. The summed E-state index contributed by atoms with van der Waals surface area (Å²) in [7, 11) is -3.66. The highest BCUT2D eigenvalue weighted by molar-refractivity contribution is 7.89. The lowest BCUT2D eigenvalue weighted by Gasteiger charge is -2.37. The van der Waals surface area contributed by atoms with Gasteiger partial charge in [-0.3, -0.25) is 0 Å². The maximum Gasteiger partial charge on any atom is 0.246 e. The molecule has 2 atom stereocenters. The minimum Gasteiger partial charge on any atom is -0.311 e. The van der Waals surface area contributed by atoms with Crippen LogP contribution in [-0.2, 0) is 10.0 Å². The van der Waals surface area contributed by atoms with E-state index in [-0.39, 0.29) is 35.1 Å². The molecule has 1 N–H and O–H groups in total. The highest BCUT2D eigenvalue weighted by atomic mass is 35.5. The zero-order valence-corrected chi connectivity index (χ0v) is 15.0. The molecule has 0 amide bonds. The van der Waals surface area contributed by atoms with E-state index in [9.17, 15) is 12.8 Å². The van der Waals surface area contributed by atoms with E-state index in [1.807, 2.05) is 13.8 Å². The first-order valence-electron chi connectivity index (χ1n) is 7.46. The average Bonchev–Trinajstić information content (AvgIpc) is 3.01. The van der Waals surface area contributed by atoms with E-state index < -0.39 is 15.8 Å². The number of rotatable bonds is 3. The number of para-hydroxylation sites is 1. The third-order valence-corrected chi connectivity index (χ3v) is 6.18. The Labute approximate surface area is 147 Å². The topological polar surface area (TPSA) is 67.2 Å². The number of piperazine rings is 1. The second-order valence-electron chi connectivity index (χ2n) is 5.67. The molecular weight excluding hydrogens is 355 g/mol. The van der Waals surface area contributed by atoms with Gasteiger partial charge in [-0.15, -0.1) is 12.4 Å². The lowest BCUT2D eigenvalue weighted by atomic mass is 10.1. The Balaban J connectivity index is 0.00000208. The van der Waals surface area contributed by atoms with Gasteiger partial charge in [0.2, 0.25) is 10.0 Å². The fourth-order valence-electron chi connectivity index (χ4n) is 2.71. The van der Waals surface area contributed by atoms with Gasteiger partial charge in [-0.2, -0.15) is 9.40 Å². The molecule has 0 saturated carbocycles. The molecule has 1 aromatic heterocycles. The minimum absolute atomic E-state index is 0. The van der Waals surface area contributed by atoms with Crippen LogP contribution in [0.1, 0.15) is 13.8 Å². The highest BCUT2D eigenvalue weighted by Crippen LogP contribution is 2.22. The molecule has 2 aromatic rings. The Morgan fingerprint density at radius 2 is 2.00 bits per heavy atom. The Morgan fingerprint density at radius 3 is 2.71 bits per heavy atom. The summed E-state index contributed by atoms with van der Waals surface area (Å²) in [5, 5.41) is 7.25. The number of hydrogen-bond acceptors (Lipinski definition) is 4. The van der Waals surface area contributed by atoms with Crippen molar-refractivity contribution < 1.29 is 12.8 Å². The maximum atomic E-state index is 13.8. The number of nitrogens with zero attached hydrogens (tertiary/aromatic N) is 3. The fraction of sp³-hybridized carbons (Fsp3) is 0.400. The van der Waals surface area contributed by atoms with E-state index in [1.54, 1.807) is 18.2 Å². The number of sulfonamides is 1. The molecule has 0 spiro atoms. The molecule has 0 aliphatic carbocycles. The van der Waals surface area contributed by atoms with Gasteiger partial charge in [-0.25, -0.2) is 17.5 Å². The Morgan fingerprint density at radius 1 is 1.29 bits per heavy atom. The van der Waals surface area contributed by atoms with Crippen molar-refractivity contribution in [1.29, 1.82) is 0 Å². The molecular formula is C15H20ClFN4O2S. The first-order chi connectivity index (χ1) is 10.9. The van der Waals surface area contributed by atoms with Gasteiger partial charge in [-0.05, 0) is 26.0 Å². The third-order valence-electron chi connectivity index (χ3n) is 4.24. The Bertz CT molecular complexity index is 811. The number of benzene rings is 1. The normalized spacial score (nSPS) is 22.1. The summed E-state index contributed by atoms with van der Waals surface area (Å²) < 4.78 is 42.2. The maximum absolute atomic E-state index is 13.8. The van der Waals surface area contributed by atoms with Crippen LogP contribution < -0.4 is 5.32 Å². The average molecular weight is 375 g/mol. The summed E-state index contributed by atoms with van der Waals surface area (Å²) in [5.41, 5.74) is 0.218. The predicted octanol–water partition coefficient (Wildman–Crippen LogP) is 1.80. The largest absolute Gasteiger partial charge is 0.311 e. The van der Waals surface area contributed by atoms with Crippen LogP contribution in [0.2, 0.25) is 0 Å². The summed E-state index contributed by atoms with van der Waals surface area (Å²) in [5.74, 6) is -0.455.